The Hall–Kier alpha value is -2.29. The fraction of sp³-hybridized carbons (Fsp3) is 0.417. The maximum atomic E-state index is 11.8. The van der Waals surface area contributed by atoms with Gasteiger partial charge >= 0.3 is 5.97 Å². The van der Waals surface area contributed by atoms with Crippen molar-refractivity contribution < 1.29 is 19.1 Å². The molecule has 0 spiro atoms. The molecule has 18 heavy (non-hydrogen) atoms. The number of nitrogens with zero attached hydrogens (tertiary/aromatic N) is 2. The van der Waals surface area contributed by atoms with E-state index in [1.54, 1.807) is 6.92 Å². The summed E-state index contributed by atoms with van der Waals surface area (Å²) in [4.78, 5) is 39.3. The fourth-order valence-electron chi connectivity index (χ4n) is 1.40. The molecule has 2 unspecified atom stereocenters. The first-order chi connectivity index (χ1) is 8.65. The highest BCUT2D eigenvalue weighted by atomic mass is 16.5. The standard InChI is InChI=1S/C12H14N2O4/c1-4-9(13-7-15)11(12(17)18-6-3)10(5-2)14-8-16/h4-5,9-11H,1-2,6H2,3H3. The molecule has 0 radical (unpaired) electrons. The maximum absolute atomic E-state index is 11.8. The van der Waals surface area contributed by atoms with Crippen LogP contribution in [0.1, 0.15) is 6.92 Å². The highest BCUT2D eigenvalue weighted by Crippen LogP contribution is 2.19. The van der Waals surface area contributed by atoms with E-state index in [0.29, 0.717) is 0 Å². The molecule has 0 saturated carbocycles. The molecule has 0 bridgehead atoms. The smallest absolute Gasteiger partial charge is 0.314 e. The lowest BCUT2D eigenvalue weighted by atomic mass is 9.92. The normalized spacial score (nSPS) is 14.1. The number of esters is 1. The summed E-state index contributed by atoms with van der Waals surface area (Å²) in [5.74, 6) is -1.63. The quantitative estimate of drug-likeness (QED) is 0.278. The predicted octanol–water partition coefficient (Wildman–Crippen LogP) is 0.946. The van der Waals surface area contributed by atoms with E-state index in [1.165, 1.54) is 24.3 Å². The summed E-state index contributed by atoms with van der Waals surface area (Å²) in [7, 11) is 0. The van der Waals surface area contributed by atoms with Crippen molar-refractivity contribution in [2.45, 2.75) is 19.0 Å². The second kappa shape index (κ2) is 8.82. The van der Waals surface area contributed by atoms with Gasteiger partial charge in [0.25, 0.3) is 0 Å². The van der Waals surface area contributed by atoms with E-state index in [-0.39, 0.29) is 6.61 Å². The summed E-state index contributed by atoms with van der Waals surface area (Å²) < 4.78 is 4.85. The highest BCUT2D eigenvalue weighted by Gasteiger charge is 2.34. The zero-order valence-corrected chi connectivity index (χ0v) is 10.0. The molecule has 0 aliphatic rings. The van der Waals surface area contributed by atoms with Crippen LogP contribution in [0.3, 0.4) is 0 Å². The molecule has 0 N–H and O–H groups in total. The van der Waals surface area contributed by atoms with E-state index in [9.17, 15) is 14.4 Å². The number of hydrogen-bond acceptors (Lipinski definition) is 6. The third-order valence-electron chi connectivity index (χ3n) is 2.18. The summed E-state index contributed by atoms with van der Waals surface area (Å²) in [6.07, 6.45) is 5.24. The van der Waals surface area contributed by atoms with Crippen molar-refractivity contribution in [3.05, 3.63) is 25.3 Å². The van der Waals surface area contributed by atoms with Gasteiger partial charge in [0.1, 0.15) is 5.92 Å². The fourth-order valence-corrected chi connectivity index (χ4v) is 1.40. The molecule has 0 heterocycles. The molecule has 0 aliphatic carbocycles. The molecule has 0 aromatic carbocycles. The molecule has 6 nitrogen and oxygen atoms in total. The number of aliphatic imine (C=N–C) groups is 2. The number of isocyanates is 2. The van der Waals surface area contributed by atoms with Crippen LogP contribution in [0.15, 0.2) is 35.3 Å². The largest absolute Gasteiger partial charge is 0.466 e. The molecule has 6 heteroatoms. The highest BCUT2D eigenvalue weighted by molar-refractivity contribution is 5.75. The average Bonchev–Trinajstić information content (AvgIpc) is 2.37. The van der Waals surface area contributed by atoms with Crippen LogP contribution in [-0.4, -0.2) is 36.8 Å². The van der Waals surface area contributed by atoms with Gasteiger partial charge in [-0.15, -0.1) is 13.2 Å². The Kier molecular flexibility index (Phi) is 7.69. The van der Waals surface area contributed by atoms with E-state index in [4.69, 9.17) is 4.74 Å². The number of rotatable bonds is 8. The van der Waals surface area contributed by atoms with Crippen molar-refractivity contribution in [2.24, 2.45) is 15.9 Å². The minimum Gasteiger partial charge on any atom is -0.466 e. The Bertz CT molecular complexity index is 376. The number of hydrogen-bond donors (Lipinski definition) is 0. The lowest BCUT2D eigenvalue weighted by Gasteiger charge is -2.21. The van der Waals surface area contributed by atoms with Crippen LogP contribution in [0.25, 0.3) is 0 Å². The Labute approximate surface area is 105 Å². The van der Waals surface area contributed by atoms with E-state index in [0.717, 1.165) is 0 Å². The molecule has 0 aromatic rings. The number of ether oxygens (including phenoxy) is 1. The molecule has 0 amide bonds. The Balaban J connectivity index is 5.43. The minimum absolute atomic E-state index is 0.151. The topological polar surface area (TPSA) is 85.2 Å². The first kappa shape index (κ1) is 15.7. The summed E-state index contributed by atoms with van der Waals surface area (Å²) >= 11 is 0. The van der Waals surface area contributed by atoms with Gasteiger partial charge in [0.15, 0.2) is 0 Å². The van der Waals surface area contributed by atoms with Gasteiger partial charge in [-0.1, -0.05) is 12.2 Å². The summed E-state index contributed by atoms with van der Waals surface area (Å²) in [6, 6.07) is -1.77. The van der Waals surface area contributed by atoms with Gasteiger partial charge in [-0.25, -0.2) is 9.59 Å². The molecule has 96 valence electrons. The first-order valence-corrected chi connectivity index (χ1v) is 5.21. The van der Waals surface area contributed by atoms with Gasteiger partial charge in [-0.05, 0) is 6.92 Å². The van der Waals surface area contributed by atoms with Crippen molar-refractivity contribution in [3.63, 3.8) is 0 Å². The van der Waals surface area contributed by atoms with Gasteiger partial charge in [-0.3, -0.25) is 4.79 Å². The number of carbonyl (C=O) groups excluding carboxylic acids is 3. The van der Waals surface area contributed by atoms with E-state index >= 15 is 0 Å². The van der Waals surface area contributed by atoms with Crippen LogP contribution in [0, 0.1) is 5.92 Å². The van der Waals surface area contributed by atoms with Crippen LogP contribution in [0.5, 0.6) is 0 Å². The van der Waals surface area contributed by atoms with Crippen molar-refractivity contribution in [1.82, 2.24) is 0 Å². The zero-order chi connectivity index (χ0) is 14.0. The molecule has 0 aromatic heterocycles. The lowest BCUT2D eigenvalue weighted by molar-refractivity contribution is -0.148. The van der Waals surface area contributed by atoms with Gasteiger partial charge in [0, 0.05) is 0 Å². The Morgan fingerprint density at radius 2 is 1.67 bits per heavy atom. The van der Waals surface area contributed by atoms with Crippen molar-refractivity contribution >= 4 is 18.1 Å². The summed E-state index contributed by atoms with van der Waals surface area (Å²) in [5, 5.41) is 0. The molecule has 0 aliphatic heterocycles. The average molecular weight is 250 g/mol. The van der Waals surface area contributed by atoms with E-state index in [1.807, 2.05) is 0 Å². The van der Waals surface area contributed by atoms with Crippen LogP contribution in [-0.2, 0) is 19.1 Å². The minimum atomic E-state index is -0.983. The Morgan fingerprint density at radius 3 is 1.94 bits per heavy atom. The second-order valence-corrected chi connectivity index (χ2v) is 3.17. The van der Waals surface area contributed by atoms with Gasteiger partial charge < -0.3 is 4.74 Å². The van der Waals surface area contributed by atoms with E-state index in [2.05, 4.69) is 23.1 Å². The second-order valence-electron chi connectivity index (χ2n) is 3.17. The molecule has 0 rings (SSSR count). The Morgan fingerprint density at radius 1 is 1.22 bits per heavy atom. The number of carbonyl (C=O) groups is 1. The molecular formula is C12H14N2O4. The van der Waals surface area contributed by atoms with Crippen molar-refractivity contribution in [1.29, 1.82) is 0 Å². The van der Waals surface area contributed by atoms with Crippen LogP contribution in [0.2, 0.25) is 0 Å². The third kappa shape index (κ3) is 4.29. The van der Waals surface area contributed by atoms with Crippen LogP contribution >= 0.6 is 0 Å². The lowest BCUT2D eigenvalue weighted by Crippen LogP contribution is -2.35. The third-order valence-corrected chi connectivity index (χ3v) is 2.18. The van der Waals surface area contributed by atoms with Crippen molar-refractivity contribution in [2.75, 3.05) is 6.61 Å². The van der Waals surface area contributed by atoms with Gasteiger partial charge in [0.2, 0.25) is 12.2 Å². The summed E-state index contributed by atoms with van der Waals surface area (Å²) in [6.45, 7) is 8.71. The van der Waals surface area contributed by atoms with Crippen LogP contribution < -0.4 is 0 Å². The van der Waals surface area contributed by atoms with Crippen LogP contribution in [0.4, 0.5) is 0 Å². The maximum Gasteiger partial charge on any atom is 0.314 e. The van der Waals surface area contributed by atoms with Crippen molar-refractivity contribution in [3.8, 4) is 0 Å². The zero-order valence-electron chi connectivity index (χ0n) is 10.0. The van der Waals surface area contributed by atoms with Gasteiger partial charge in [-0.2, -0.15) is 9.98 Å². The summed E-state index contributed by atoms with van der Waals surface area (Å²) in [5.41, 5.74) is 0. The molecule has 2 atom stereocenters. The molecular weight excluding hydrogens is 236 g/mol. The predicted molar refractivity (Wildman–Crippen MR) is 64.3 cm³/mol. The monoisotopic (exact) mass is 250 g/mol. The first-order valence-electron chi connectivity index (χ1n) is 5.21. The molecule has 0 saturated heterocycles. The molecule has 0 fully saturated rings. The SMILES string of the molecule is C=CC(N=C=O)C(C(=O)OCC)C(C=C)N=C=O. The van der Waals surface area contributed by atoms with E-state index < -0.39 is 24.0 Å². The van der Waals surface area contributed by atoms with Gasteiger partial charge in [0.05, 0.1) is 18.7 Å².